The average molecular weight is 426 g/mol. The monoisotopic (exact) mass is 426 g/mol. The second-order valence-electron chi connectivity index (χ2n) is 7.54. The van der Waals surface area contributed by atoms with Crippen LogP contribution >= 0.6 is 0 Å². The number of amides is 2. The number of carbonyl (C=O) groups is 1. The van der Waals surface area contributed by atoms with E-state index in [1.54, 1.807) is 4.90 Å². The Kier molecular flexibility index (Phi) is 7.03. The van der Waals surface area contributed by atoms with Crippen molar-refractivity contribution in [3.8, 4) is 6.19 Å². The van der Waals surface area contributed by atoms with Crippen LogP contribution in [0, 0.1) is 29.0 Å². The molecule has 2 N–H and O–H groups in total. The van der Waals surface area contributed by atoms with Crippen LogP contribution in [-0.2, 0) is 0 Å². The molecule has 1 atom stereocenters. The molecule has 0 aliphatic carbocycles. The van der Waals surface area contributed by atoms with Crippen molar-refractivity contribution in [3.63, 3.8) is 0 Å². The van der Waals surface area contributed by atoms with E-state index in [9.17, 15) is 18.8 Å². The molecule has 1 saturated heterocycles. The van der Waals surface area contributed by atoms with Crippen LogP contribution < -0.4 is 10.6 Å². The standard InChI is InChI=1S/C22H24F2N6O/c1-15(2)20-13-29(22(31)28-19-9-5-17(24)6-10-19)11-12-30(20)21(26-14-25)27-18-7-3-16(23)4-8-18/h3-10,15,20H,11-13H2,1-2H3,(H,26,27)(H,28,31). The third-order valence-electron chi connectivity index (χ3n) is 5.07. The Morgan fingerprint density at radius 3 is 2.29 bits per heavy atom. The fourth-order valence-electron chi connectivity index (χ4n) is 3.42. The van der Waals surface area contributed by atoms with Crippen molar-refractivity contribution in [2.24, 2.45) is 10.9 Å². The number of anilines is 1. The van der Waals surface area contributed by atoms with Gasteiger partial charge in [0.1, 0.15) is 11.6 Å². The number of hydrogen-bond acceptors (Lipinski definition) is 3. The Bertz CT molecular complexity index is 969. The average Bonchev–Trinajstić information content (AvgIpc) is 2.76. The summed E-state index contributed by atoms with van der Waals surface area (Å²) in [5.74, 6) is -0.231. The van der Waals surface area contributed by atoms with E-state index in [0.717, 1.165) is 0 Å². The van der Waals surface area contributed by atoms with Crippen LogP contribution in [0.5, 0.6) is 0 Å². The lowest BCUT2D eigenvalue weighted by molar-refractivity contribution is 0.118. The maximum atomic E-state index is 13.2. The number of aliphatic imine (C=N–C) groups is 1. The predicted molar refractivity (Wildman–Crippen MR) is 115 cm³/mol. The van der Waals surface area contributed by atoms with Crippen LogP contribution in [0.3, 0.4) is 0 Å². The van der Waals surface area contributed by atoms with E-state index in [4.69, 9.17) is 0 Å². The molecule has 1 unspecified atom stereocenters. The fraction of sp³-hybridized carbons (Fsp3) is 0.318. The maximum absolute atomic E-state index is 13.2. The number of urea groups is 1. The molecule has 1 fully saturated rings. The van der Waals surface area contributed by atoms with Crippen molar-refractivity contribution in [3.05, 3.63) is 60.2 Å². The molecule has 9 heteroatoms. The molecule has 0 radical (unpaired) electrons. The third kappa shape index (κ3) is 5.69. The molecular weight excluding hydrogens is 402 g/mol. The summed E-state index contributed by atoms with van der Waals surface area (Å²) in [5, 5.41) is 14.6. The first-order chi connectivity index (χ1) is 14.9. The highest BCUT2D eigenvalue weighted by Gasteiger charge is 2.33. The van der Waals surface area contributed by atoms with Gasteiger partial charge in [-0.05, 0) is 54.4 Å². The highest BCUT2D eigenvalue weighted by atomic mass is 19.1. The number of carbonyl (C=O) groups excluding carboxylic acids is 1. The van der Waals surface area contributed by atoms with Gasteiger partial charge in [-0.25, -0.2) is 18.6 Å². The Morgan fingerprint density at radius 2 is 1.71 bits per heavy atom. The normalized spacial score (nSPS) is 16.8. The van der Waals surface area contributed by atoms with Crippen LogP contribution in [-0.4, -0.2) is 47.5 Å². The van der Waals surface area contributed by atoms with Gasteiger partial charge in [0.15, 0.2) is 6.19 Å². The number of hydrogen-bond donors (Lipinski definition) is 2. The molecule has 0 bridgehead atoms. The van der Waals surface area contributed by atoms with Crippen molar-refractivity contribution in [1.82, 2.24) is 15.1 Å². The Morgan fingerprint density at radius 1 is 1.10 bits per heavy atom. The third-order valence-corrected chi connectivity index (χ3v) is 5.07. The van der Waals surface area contributed by atoms with E-state index >= 15 is 0 Å². The van der Waals surface area contributed by atoms with E-state index in [2.05, 4.69) is 15.6 Å². The molecule has 2 aromatic carbocycles. The zero-order chi connectivity index (χ0) is 22.4. The summed E-state index contributed by atoms with van der Waals surface area (Å²) in [6.45, 7) is 5.34. The van der Waals surface area contributed by atoms with E-state index in [-0.39, 0.29) is 29.6 Å². The summed E-state index contributed by atoms with van der Waals surface area (Å²) in [6.07, 6.45) is 1.91. The van der Waals surface area contributed by atoms with Crippen LogP contribution in [0.1, 0.15) is 13.8 Å². The number of nitriles is 1. The van der Waals surface area contributed by atoms with E-state index in [0.29, 0.717) is 37.0 Å². The van der Waals surface area contributed by atoms with Crippen LogP contribution in [0.25, 0.3) is 0 Å². The van der Waals surface area contributed by atoms with Crippen LogP contribution in [0.2, 0.25) is 0 Å². The number of nitrogens with zero attached hydrogens (tertiary/aromatic N) is 4. The number of guanidine groups is 1. The second kappa shape index (κ2) is 9.89. The van der Waals surface area contributed by atoms with Crippen molar-refractivity contribution < 1.29 is 13.6 Å². The molecule has 0 aromatic heterocycles. The minimum Gasteiger partial charge on any atom is -0.335 e. The lowest BCUT2D eigenvalue weighted by atomic mass is 10.00. The predicted octanol–water partition coefficient (Wildman–Crippen LogP) is 3.90. The van der Waals surface area contributed by atoms with Gasteiger partial charge in [-0.1, -0.05) is 13.8 Å². The molecule has 0 spiro atoms. The van der Waals surface area contributed by atoms with Gasteiger partial charge in [-0.15, -0.1) is 0 Å². The summed E-state index contributed by atoms with van der Waals surface area (Å²) < 4.78 is 26.3. The van der Waals surface area contributed by atoms with Gasteiger partial charge in [0.2, 0.25) is 5.96 Å². The second-order valence-corrected chi connectivity index (χ2v) is 7.54. The number of nitrogens with one attached hydrogen (secondary N) is 2. The zero-order valence-electron chi connectivity index (χ0n) is 17.3. The van der Waals surface area contributed by atoms with E-state index in [1.807, 2.05) is 24.9 Å². The minimum atomic E-state index is -0.371. The first kappa shape index (κ1) is 22.0. The minimum absolute atomic E-state index is 0.104. The molecule has 2 amide bonds. The Balaban J connectivity index is 1.76. The van der Waals surface area contributed by atoms with Gasteiger partial charge in [-0.3, -0.25) is 5.32 Å². The number of piperazine rings is 1. The summed E-state index contributed by atoms with van der Waals surface area (Å²) in [6, 6.07) is 10.9. The van der Waals surface area contributed by atoms with Gasteiger partial charge < -0.3 is 15.1 Å². The molecule has 3 rings (SSSR count). The first-order valence-corrected chi connectivity index (χ1v) is 9.95. The van der Waals surface area contributed by atoms with Crippen molar-refractivity contribution in [2.75, 3.05) is 25.0 Å². The van der Waals surface area contributed by atoms with E-state index in [1.165, 1.54) is 48.5 Å². The quantitative estimate of drug-likeness (QED) is 0.338. The molecule has 2 aromatic rings. The van der Waals surface area contributed by atoms with Crippen molar-refractivity contribution in [1.29, 1.82) is 5.26 Å². The lowest BCUT2D eigenvalue weighted by Gasteiger charge is -2.44. The Labute approximate surface area is 180 Å². The van der Waals surface area contributed by atoms with Gasteiger partial charge in [0, 0.05) is 25.3 Å². The number of halogens is 2. The zero-order valence-corrected chi connectivity index (χ0v) is 17.3. The smallest absolute Gasteiger partial charge is 0.321 e. The highest BCUT2D eigenvalue weighted by molar-refractivity contribution is 5.90. The summed E-state index contributed by atoms with van der Waals surface area (Å²) >= 11 is 0. The number of benzene rings is 2. The number of rotatable bonds is 3. The fourth-order valence-corrected chi connectivity index (χ4v) is 3.42. The van der Waals surface area contributed by atoms with Crippen molar-refractivity contribution >= 4 is 23.4 Å². The molecule has 1 aliphatic rings. The molecule has 31 heavy (non-hydrogen) atoms. The summed E-state index contributed by atoms with van der Waals surface area (Å²) in [5.41, 5.74) is 1.03. The molecule has 162 valence electrons. The first-order valence-electron chi connectivity index (χ1n) is 9.95. The summed E-state index contributed by atoms with van der Waals surface area (Å²) in [4.78, 5) is 20.8. The largest absolute Gasteiger partial charge is 0.335 e. The molecule has 1 aliphatic heterocycles. The summed E-state index contributed by atoms with van der Waals surface area (Å²) in [7, 11) is 0. The van der Waals surface area contributed by atoms with Crippen LogP contribution in [0.15, 0.2) is 53.5 Å². The highest BCUT2D eigenvalue weighted by Crippen LogP contribution is 2.21. The van der Waals surface area contributed by atoms with Crippen molar-refractivity contribution in [2.45, 2.75) is 19.9 Å². The van der Waals surface area contributed by atoms with Gasteiger partial charge in [0.25, 0.3) is 0 Å². The van der Waals surface area contributed by atoms with Gasteiger partial charge in [0.05, 0.1) is 11.7 Å². The molecular formula is C22H24F2N6O. The molecule has 0 saturated carbocycles. The van der Waals surface area contributed by atoms with Crippen LogP contribution in [0.4, 0.5) is 25.0 Å². The molecule has 7 nitrogen and oxygen atoms in total. The topological polar surface area (TPSA) is 83.8 Å². The SMILES string of the molecule is CC(C)C1CN(C(=O)Nc2ccc(F)cc2)CCN1C(=Nc1ccc(F)cc1)NC#N. The molecule has 1 heterocycles. The van der Waals surface area contributed by atoms with Gasteiger partial charge >= 0.3 is 6.03 Å². The van der Waals surface area contributed by atoms with E-state index < -0.39 is 0 Å². The Hall–Kier alpha value is -3.67. The van der Waals surface area contributed by atoms with Gasteiger partial charge in [-0.2, -0.15) is 5.26 Å². The lowest BCUT2D eigenvalue weighted by Crippen LogP contribution is -2.60. The maximum Gasteiger partial charge on any atom is 0.321 e.